The Morgan fingerprint density at radius 1 is 1.20 bits per heavy atom. The van der Waals surface area contributed by atoms with Crippen LogP contribution in [0.1, 0.15) is 36.8 Å². The van der Waals surface area contributed by atoms with Crippen LogP contribution in [-0.2, 0) is 5.41 Å². The molecular weight excluding hydrogens is 258 g/mol. The molecular formula is C13H21N5O2. The van der Waals surface area contributed by atoms with Crippen LogP contribution in [-0.4, -0.2) is 30.0 Å². The fourth-order valence-electron chi connectivity index (χ4n) is 1.53. The highest BCUT2D eigenvalue weighted by Crippen LogP contribution is 2.22. The molecule has 7 heteroatoms. The van der Waals surface area contributed by atoms with Gasteiger partial charge in [0.15, 0.2) is 0 Å². The Bertz CT molecular complexity index is 508. The molecule has 3 amide bonds. The third-order valence-electron chi connectivity index (χ3n) is 2.59. The van der Waals surface area contributed by atoms with Crippen molar-refractivity contribution in [3.63, 3.8) is 0 Å². The van der Waals surface area contributed by atoms with Crippen molar-refractivity contribution >= 4 is 17.8 Å². The van der Waals surface area contributed by atoms with E-state index < -0.39 is 6.03 Å². The van der Waals surface area contributed by atoms with E-state index in [-0.39, 0.29) is 24.4 Å². The lowest BCUT2D eigenvalue weighted by Crippen LogP contribution is -2.37. The summed E-state index contributed by atoms with van der Waals surface area (Å²) in [6.45, 7) is 6.54. The summed E-state index contributed by atoms with van der Waals surface area (Å²) >= 11 is 0. The summed E-state index contributed by atoms with van der Waals surface area (Å²) in [5.41, 5.74) is 11.6. The van der Waals surface area contributed by atoms with Crippen LogP contribution in [0.2, 0.25) is 0 Å². The normalized spacial score (nSPS) is 10.9. The van der Waals surface area contributed by atoms with Gasteiger partial charge in [0.25, 0.3) is 5.91 Å². The number of carbonyl (C=O) groups is 2. The molecule has 110 valence electrons. The Morgan fingerprint density at radius 2 is 1.80 bits per heavy atom. The predicted octanol–water partition coefficient (Wildman–Crippen LogP) is 0.359. The zero-order chi connectivity index (χ0) is 15.3. The van der Waals surface area contributed by atoms with Crippen molar-refractivity contribution < 1.29 is 9.59 Å². The van der Waals surface area contributed by atoms with Crippen LogP contribution in [0, 0.1) is 0 Å². The average molecular weight is 279 g/mol. The molecule has 7 nitrogen and oxygen atoms in total. The molecule has 1 heterocycles. The molecule has 0 radical (unpaired) electrons. The van der Waals surface area contributed by atoms with Crippen LogP contribution in [0.5, 0.6) is 0 Å². The number of anilines is 1. The van der Waals surface area contributed by atoms with Crippen LogP contribution in [0.4, 0.5) is 10.6 Å². The predicted molar refractivity (Wildman–Crippen MR) is 77.3 cm³/mol. The van der Waals surface area contributed by atoms with Crippen LogP contribution in [0.25, 0.3) is 0 Å². The summed E-state index contributed by atoms with van der Waals surface area (Å²) in [6, 6.07) is 2.61. The second kappa shape index (κ2) is 6.23. The molecule has 1 rings (SSSR count). The molecule has 0 aliphatic carbocycles. The fraction of sp³-hybridized carbons (Fsp3) is 0.462. The summed E-state index contributed by atoms with van der Waals surface area (Å²) in [5, 5.41) is 5.05. The molecule has 0 aliphatic heterocycles. The van der Waals surface area contributed by atoms with Gasteiger partial charge in [-0.15, -0.1) is 0 Å². The first-order chi connectivity index (χ1) is 9.20. The zero-order valence-electron chi connectivity index (χ0n) is 12.0. The maximum absolute atomic E-state index is 12.0. The average Bonchev–Trinajstić information content (AvgIpc) is 2.32. The highest BCUT2D eigenvalue weighted by molar-refractivity contribution is 5.95. The molecule has 6 N–H and O–H groups in total. The number of hydrogen-bond donors (Lipinski definition) is 4. The first-order valence-corrected chi connectivity index (χ1v) is 6.29. The minimum Gasteiger partial charge on any atom is -0.384 e. The number of nitrogen functional groups attached to an aromatic ring is 1. The number of aromatic nitrogens is 1. The third-order valence-corrected chi connectivity index (χ3v) is 2.59. The minimum absolute atomic E-state index is 0.196. The van der Waals surface area contributed by atoms with E-state index in [9.17, 15) is 9.59 Å². The summed E-state index contributed by atoms with van der Waals surface area (Å²) in [4.78, 5) is 26.7. The number of hydrogen-bond acceptors (Lipinski definition) is 4. The van der Waals surface area contributed by atoms with Gasteiger partial charge in [0.05, 0.1) is 0 Å². The van der Waals surface area contributed by atoms with E-state index >= 15 is 0 Å². The van der Waals surface area contributed by atoms with Crippen molar-refractivity contribution in [3.8, 4) is 0 Å². The Labute approximate surface area is 118 Å². The number of nitrogens with two attached hydrogens (primary N) is 2. The summed E-state index contributed by atoms with van der Waals surface area (Å²) in [7, 11) is 0. The van der Waals surface area contributed by atoms with Gasteiger partial charge in [0, 0.05) is 29.8 Å². The number of urea groups is 1. The second-order valence-electron chi connectivity index (χ2n) is 5.46. The van der Waals surface area contributed by atoms with Gasteiger partial charge in [-0.25, -0.2) is 9.78 Å². The topological polar surface area (TPSA) is 123 Å². The summed E-state index contributed by atoms with van der Waals surface area (Å²) in [5.74, 6) is 0.0358. The molecule has 0 bridgehead atoms. The van der Waals surface area contributed by atoms with Gasteiger partial charge in [-0.1, -0.05) is 20.8 Å². The minimum atomic E-state index is -0.623. The number of pyridine rings is 1. The number of rotatable bonds is 4. The van der Waals surface area contributed by atoms with Crippen molar-refractivity contribution in [2.45, 2.75) is 26.2 Å². The number of amides is 3. The van der Waals surface area contributed by atoms with Gasteiger partial charge in [-0.2, -0.15) is 0 Å². The van der Waals surface area contributed by atoms with Gasteiger partial charge < -0.3 is 22.1 Å². The Morgan fingerprint density at radius 3 is 2.35 bits per heavy atom. The molecule has 1 aromatic rings. The number of primary amides is 1. The van der Waals surface area contributed by atoms with Crippen LogP contribution in [0.15, 0.2) is 12.1 Å². The molecule has 20 heavy (non-hydrogen) atoms. The van der Waals surface area contributed by atoms with Gasteiger partial charge in [0.1, 0.15) is 5.82 Å². The Kier molecular flexibility index (Phi) is 4.90. The quantitative estimate of drug-likeness (QED) is 0.594. The van der Waals surface area contributed by atoms with Gasteiger partial charge in [0.2, 0.25) is 0 Å². The number of carbonyl (C=O) groups excluding carboxylic acids is 2. The monoisotopic (exact) mass is 279 g/mol. The van der Waals surface area contributed by atoms with Crippen molar-refractivity contribution in [3.05, 3.63) is 23.4 Å². The van der Waals surface area contributed by atoms with Crippen molar-refractivity contribution in [2.24, 2.45) is 5.73 Å². The maximum atomic E-state index is 12.0. The lowest BCUT2D eigenvalue weighted by atomic mass is 9.90. The Hall–Kier alpha value is -2.31. The van der Waals surface area contributed by atoms with E-state index in [0.29, 0.717) is 11.4 Å². The summed E-state index contributed by atoms with van der Waals surface area (Å²) < 4.78 is 0. The lowest BCUT2D eigenvalue weighted by molar-refractivity contribution is 0.0953. The first kappa shape index (κ1) is 15.7. The number of nitrogens with zero attached hydrogens (tertiary/aromatic N) is 1. The second-order valence-corrected chi connectivity index (χ2v) is 5.46. The molecule has 0 aliphatic rings. The summed E-state index contributed by atoms with van der Waals surface area (Å²) in [6.07, 6.45) is 0. The largest absolute Gasteiger partial charge is 0.384 e. The van der Waals surface area contributed by atoms with Crippen LogP contribution < -0.4 is 22.1 Å². The third kappa shape index (κ3) is 4.75. The SMILES string of the molecule is CC(C)(C)c1cc(C(=O)NCCNC(N)=O)cc(N)n1. The van der Waals surface area contributed by atoms with Crippen molar-refractivity contribution in [2.75, 3.05) is 18.8 Å². The first-order valence-electron chi connectivity index (χ1n) is 6.29. The van der Waals surface area contributed by atoms with E-state index in [4.69, 9.17) is 11.5 Å². The van der Waals surface area contributed by atoms with E-state index in [0.717, 1.165) is 5.69 Å². The number of nitrogens with one attached hydrogen (secondary N) is 2. The molecule has 0 atom stereocenters. The lowest BCUT2D eigenvalue weighted by Gasteiger charge is -2.19. The van der Waals surface area contributed by atoms with Gasteiger partial charge in [-0.05, 0) is 12.1 Å². The van der Waals surface area contributed by atoms with E-state index in [1.54, 1.807) is 6.07 Å². The van der Waals surface area contributed by atoms with Crippen molar-refractivity contribution in [1.82, 2.24) is 15.6 Å². The van der Waals surface area contributed by atoms with Crippen molar-refractivity contribution in [1.29, 1.82) is 0 Å². The molecule has 0 spiro atoms. The Balaban J connectivity index is 2.73. The molecule has 0 fully saturated rings. The standard InChI is InChI=1S/C13H21N5O2/c1-13(2,3)9-6-8(7-10(14)18-9)11(19)16-4-5-17-12(15)20/h6-7H,4-5H2,1-3H3,(H2,14,18)(H,16,19)(H3,15,17,20). The van der Waals surface area contributed by atoms with E-state index in [1.165, 1.54) is 6.07 Å². The van der Waals surface area contributed by atoms with Crippen LogP contribution >= 0.6 is 0 Å². The molecule has 0 unspecified atom stereocenters. The maximum Gasteiger partial charge on any atom is 0.312 e. The van der Waals surface area contributed by atoms with E-state index in [1.807, 2.05) is 20.8 Å². The molecule has 0 aromatic carbocycles. The molecule has 0 saturated heterocycles. The molecule has 0 saturated carbocycles. The smallest absolute Gasteiger partial charge is 0.312 e. The van der Waals surface area contributed by atoms with E-state index in [2.05, 4.69) is 15.6 Å². The molecule has 1 aromatic heterocycles. The fourth-order valence-corrected chi connectivity index (χ4v) is 1.53. The van der Waals surface area contributed by atoms with Crippen LogP contribution in [0.3, 0.4) is 0 Å². The highest BCUT2D eigenvalue weighted by atomic mass is 16.2. The van der Waals surface area contributed by atoms with Gasteiger partial charge in [-0.3, -0.25) is 4.79 Å². The highest BCUT2D eigenvalue weighted by Gasteiger charge is 2.18. The zero-order valence-corrected chi connectivity index (χ0v) is 12.0. The van der Waals surface area contributed by atoms with Gasteiger partial charge >= 0.3 is 6.03 Å².